The molecule has 0 aliphatic carbocycles. The molecule has 2 N–H and O–H groups in total. The van der Waals surface area contributed by atoms with Crippen LogP contribution in [0.4, 0.5) is 4.39 Å². The van der Waals surface area contributed by atoms with Crippen molar-refractivity contribution >= 4 is 34.5 Å². The van der Waals surface area contributed by atoms with Crippen molar-refractivity contribution in [2.45, 2.75) is 18.2 Å². The van der Waals surface area contributed by atoms with Gasteiger partial charge in [0, 0.05) is 35.8 Å². The maximum absolute atomic E-state index is 13.7. The van der Waals surface area contributed by atoms with Gasteiger partial charge >= 0.3 is 11.6 Å². The van der Waals surface area contributed by atoms with Crippen LogP contribution in [0.5, 0.6) is 11.8 Å². The van der Waals surface area contributed by atoms with E-state index in [-0.39, 0.29) is 18.2 Å². The maximum Gasteiger partial charge on any atom is 0.340 e. The van der Waals surface area contributed by atoms with E-state index in [0.29, 0.717) is 26.5 Å². The minimum absolute atomic E-state index is 0.124. The third-order valence-corrected chi connectivity index (χ3v) is 5.45. The van der Waals surface area contributed by atoms with Crippen molar-refractivity contribution in [2.75, 3.05) is 0 Å². The number of rotatable bonds is 5. The van der Waals surface area contributed by atoms with Crippen LogP contribution < -0.4 is 15.5 Å². The lowest BCUT2D eigenvalue weighted by Gasteiger charge is -2.11. The minimum Gasteiger partial charge on any atom is -0.423 e. The monoisotopic (exact) mass is 443 g/mol. The van der Waals surface area contributed by atoms with E-state index in [0.717, 1.165) is 23.1 Å². The molecule has 6 nitrogen and oxygen atoms in total. The zero-order chi connectivity index (χ0) is 21.3. The van der Waals surface area contributed by atoms with E-state index < -0.39 is 11.4 Å². The Morgan fingerprint density at radius 2 is 2.00 bits per heavy atom. The van der Waals surface area contributed by atoms with Gasteiger partial charge < -0.3 is 9.15 Å². The summed E-state index contributed by atoms with van der Waals surface area (Å²) in [5.41, 5.74) is 1.76. The summed E-state index contributed by atoms with van der Waals surface area (Å²) < 4.78 is 24.8. The minimum atomic E-state index is -0.490. The molecule has 0 saturated heterocycles. The highest BCUT2D eigenvalue weighted by atomic mass is 35.5. The number of benzene rings is 2. The predicted octanol–water partition coefficient (Wildman–Crippen LogP) is 5.03. The Morgan fingerprint density at radius 3 is 2.73 bits per heavy atom. The topological polar surface area (TPSA) is 91.2 Å². The van der Waals surface area contributed by atoms with E-state index in [1.165, 1.54) is 24.5 Å². The van der Waals surface area contributed by atoms with Crippen LogP contribution >= 0.6 is 23.5 Å². The molecule has 0 aliphatic rings. The highest BCUT2D eigenvalue weighted by Crippen LogP contribution is 2.34. The molecule has 0 amide bonds. The Morgan fingerprint density at radius 1 is 1.23 bits per heavy atom. The molecular formula is C21H15ClFN3O3S. The van der Waals surface area contributed by atoms with Gasteiger partial charge in [0.15, 0.2) is 5.75 Å². The number of aromatic nitrogens is 2. The number of halogens is 2. The first-order chi connectivity index (χ1) is 14.5. The lowest BCUT2D eigenvalue weighted by Crippen LogP contribution is -2.11. The smallest absolute Gasteiger partial charge is 0.340 e. The second-order valence-corrected chi connectivity index (χ2v) is 7.55. The summed E-state index contributed by atoms with van der Waals surface area (Å²) in [4.78, 5) is 21.0. The van der Waals surface area contributed by atoms with Gasteiger partial charge in [0.1, 0.15) is 11.4 Å². The van der Waals surface area contributed by atoms with Crippen LogP contribution in [0.1, 0.15) is 16.7 Å². The zero-order valence-corrected chi connectivity index (χ0v) is 17.3. The van der Waals surface area contributed by atoms with E-state index in [2.05, 4.69) is 9.97 Å². The van der Waals surface area contributed by atoms with E-state index in [9.17, 15) is 9.18 Å². The van der Waals surface area contributed by atoms with Gasteiger partial charge in [0.05, 0.1) is 9.92 Å². The van der Waals surface area contributed by atoms with Crippen LogP contribution in [-0.4, -0.2) is 9.97 Å². The van der Waals surface area contributed by atoms with Gasteiger partial charge in [0.25, 0.3) is 0 Å². The quantitative estimate of drug-likeness (QED) is 0.341. The first-order valence-corrected chi connectivity index (χ1v) is 10.1. The summed E-state index contributed by atoms with van der Waals surface area (Å²) in [6.45, 7) is 1.81. The SMILES string of the molecule is Cc1c(Cc2ccc(F)c(SN)c2)c(=O)oc2cc(Oc3ncccn3)c(Cl)cc12. The lowest BCUT2D eigenvalue weighted by molar-refractivity contribution is 0.441. The molecule has 0 atom stereocenters. The first kappa shape index (κ1) is 20.3. The summed E-state index contributed by atoms with van der Waals surface area (Å²) >= 11 is 7.19. The molecule has 2 aromatic heterocycles. The summed E-state index contributed by atoms with van der Waals surface area (Å²) in [5, 5.41) is 6.49. The van der Waals surface area contributed by atoms with Gasteiger partial charge in [-0.2, -0.15) is 0 Å². The van der Waals surface area contributed by atoms with Crippen molar-refractivity contribution in [2.24, 2.45) is 5.14 Å². The average molecular weight is 444 g/mol. The summed E-state index contributed by atoms with van der Waals surface area (Å²) in [6.07, 6.45) is 3.35. The molecular weight excluding hydrogens is 429 g/mol. The van der Waals surface area contributed by atoms with Crippen LogP contribution in [0.2, 0.25) is 5.02 Å². The second-order valence-electron chi connectivity index (χ2n) is 6.46. The van der Waals surface area contributed by atoms with E-state index in [4.69, 9.17) is 25.9 Å². The standard InChI is InChI=1S/C21H15ClFN3O3S/c1-11-13-9-15(22)18(29-21-25-5-2-6-26-21)10-17(13)28-20(27)14(11)7-12-3-4-16(23)19(8-12)30-24/h2-6,8-10H,7,24H2,1H3. The molecule has 2 heterocycles. The molecule has 30 heavy (non-hydrogen) atoms. The number of hydrogen-bond donors (Lipinski definition) is 1. The maximum atomic E-state index is 13.7. The normalized spacial score (nSPS) is 11.1. The Balaban J connectivity index is 1.74. The average Bonchev–Trinajstić information content (AvgIpc) is 2.74. The van der Waals surface area contributed by atoms with E-state index >= 15 is 0 Å². The Kier molecular flexibility index (Phi) is 5.72. The van der Waals surface area contributed by atoms with Gasteiger partial charge in [0.2, 0.25) is 0 Å². The number of nitrogens with zero attached hydrogens (tertiary/aromatic N) is 2. The fourth-order valence-corrected chi connectivity index (χ4v) is 3.66. The molecule has 9 heteroatoms. The molecule has 0 unspecified atom stereocenters. The molecule has 0 fully saturated rings. The molecule has 0 aliphatic heterocycles. The third-order valence-electron chi connectivity index (χ3n) is 4.59. The fourth-order valence-electron chi connectivity index (χ4n) is 3.06. The number of ether oxygens (including phenoxy) is 1. The highest BCUT2D eigenvalue weighted by Gasteiger charge is 2.16. The van der Waals surface area contributed by atoms with E-state index in [1.807, 2.05) is 6.92 Å². The molecule has 0 bridgehead atoms. The van der Waals surface area contributed by atoms with Gasteiger partial charge in [-0.05, 0) is 54.3 Å². The molecule has 152 valence electrons. The van der Waals surface area contributed by atoms with Crippen LogP contribution in [0.25, 0.3) is 11.0 Å². The summed E-state index contributed by atoms with van der Waals surface area (Å²) in [6, 6.07) is 9.55. The van der Waals surface area contributed by atoms with Gasteiger partial charge in [-0.1, -0.05) is 17.7 Å². The van der Waals surface area contributed by atoms with Crippen LogP contribution in [0, 0.1) is 12.7 Å². The van der Waals surface area contributed by atoms with Crippen molar-refractivity contribution in [1.82, 2.24) is 9.97 Å². The molecule has 0 spiro atoms. The molecule has 4 rings (SSSR count). The Hall–Kier alpha value is -2.94. The van der Waals surface area contributed by atoms with Gasteiger partial charge in [-0.25, -0.2) is 19.2 Å². The molecule has 0 saturated carbocycles. The van der Waals surface area contributed by atoms with Crippen molar-refractivity contribution in [1.29, 1.82) is 0 Å². The van der Waals surface area contributed by atoms with Crippen LogP contribution in [0.3, 0.4) is 0 Å². The lowest BCUT2D eigenvalue weighted by atomic mass is 9.99. The van der Waals surface area contributed by atoms with Crippen LogP contribution in [-0.2, 0) is 6.42 Å². The molecule has 0 radical (unpaired) electrons. The largest absolute Gasteiger partial charge is 0.423 e. The predicted molar refractivity (Wildman–Crippen MR) is 114 cm³/mol. The van der Waals surface area contributed by atoms with Gasteiger partial charge in [-0.15, -0.1) is 0 Å². The van der Waals surface area contributed by atoms with Crippen molar-refractivity contribution in [3.05, 3.63) is 86.7 Å². The molecule has 2 aromatic carbocycles. The van der Waals surface area contributed by atoms with Gasteiger partial charge in [-0.3, -0.25) is 5.14 Å². The van der Waals surface area contributed by atoms with Crippen molar-refractivity contribution in [3.8, 4) is 11.8 Å². The molecule has 4 aromatic rings. The van der Waals surface area contributed by atoms with Crippen LogP contribution in [0.15, 0.2) is 62.9 Å². The Bertz CT molecular complexity index is 1300. The number of aryl methyl sites for hydroxylation is 1. The third kappa shape index (κ3) is 4.02. The fraction of sp³-hybridized carbons (Fsp3) is 0.0952. The number of nitrogens with two attached hydrogens (primary N) is 1. The summed E-state index contributed by atoms with van der Waals surface area (Å²) in [7, 11) is 0. The van der Waals surface area contributed by atoms with Crippen molar-refractivity contribution < 1.29 is 13.5 Å². The highest BCUT2D eigenvalue weighted by molar-refractivity contribution is 7.97. The zero-order valence-electron chi connectivity index (χ0n) is 15.7. The Labute approximate surface area is 180 Å². The number of fused-ring (bicyclic) bond motifs is 1. The summed E-state index contributed by atoms with van der Waals surface area (Å²) in [5.74, 6) is -0.135. The van der Waals surface area contributed by atoms with E-state index in [1.54, 1.807) is 24.3 Å². The number of hydrogen-bond acceptors (Lipinski definition) is 7. The second kappa shape index (κ2) is 8.43. The first-order valence-electron chi connectivity index (χ1n) is 8.82. The van der Waals surface area contributed by atoms with Crippen molar-refractivity contribution in [3.63, 3.8) is 0 Å².